The Labute approximate surface area is 148 Å². The van der Waals surface area contributed by atoms with Crippen molar-refractivity contribution in [1.82, 2.24) is 20.0 Å². The summed E-state index contributed by atoms with van der Waals surface area (Å²) in [7, 11) is 4.03. The van der Waals surface area contributed by atoms with Crippen LogP contribution in [0.3, 0.4) is 0 Å². The zero-order valence-corrected chi connectivity index (χ0v) is 14.9. The first-order valence-electron chi connectivity index (χ1n) is 8.50. The number of hydrogen-bond donors (Lipinski definition) is 2. The minimum Gasteiger partial charge on any atom is -0.493 e. The number of benzene rings is 1. The molecule has 2 aromatic rings. The highest BCUT2D eigenvalue weighted by Gasteiger charge is 2.29. The molecule has 0 aliphatic carbocycles. The first kappa shape index (κ1) is 17.3. The first-order valence-corrected chi connectivity index (χ1v) is 8.50. The molecule has 2 atom stereocenters. The third-order valence-corrected chi connectivity index (χ3v) is 4.36. The molecule has 0 unspecified atom stereocenters. The summed E-state index contributed by atoms with van der Waals surface area (Å²) in [5.74, 6) is 1.60. The van der Waals surface area contributed by atoms with Gasteiger partial charge in [0.2, 0.25) is 0 Å². The lowest BCUT2D eigenvalue weighted by Crippen LogP contribution is -2.40. The van der Waals surface area contributed by atoms with E-state index in [2.05, 4.69) is 26.7 Å². The summed E-state index contributed by atoms with van der Waals surface area (Å²) in [5.41, 5.74) is 1.14. The zero-order valence-electron chi connectivity index (χ0n) is 14.9. The SMILES string of the molecule is C[C@@H](NC(=O)Nc1ccn(CCN(C)C)n1)[C@H]1COc2ccccc21. The lowest BCUT2D eigenvalue weighted by atomic mass is 9.94. The van der Waals surface area contributed by atoms with Gasteiger partial charge in [0.25, 0.3) is 0 Å². The van der Waals surface area contributed by atoms with Crippen LogP contribution in [0, 0.1) is 0 Å². The molecule has 1 aliphatic heterocycles. The number of carbonyl (C=O) groups is 1. The summed E-state index contributed by atoms with van der Waals surface area (Å²) in [4.78, 5) is 14.3. The maximum atomic E-state index is 12.2. The van der Waals surface area contributed by atoms with Crippen molar-refractivity contribution in [1.29, 1.82) is 0 Å². The number of rotatable bonds is 6. The number of carbonyl (C=O) groups excluding carboxylic acids is 1. The Kier molecular flexibility index (Phi) is 5.23. The molecule has 7 nitrogen and oxygen atoms in total. The van der Waals surface area contributed by atoms with Crippen LogP contribution in [-0.4, -0.2) is 54.0 Å². The molecule has 1 aromatic carbocycles. The summed E-state index contributed by atoms with van der Waals surface area (Å²) in [6.07, 6.45) is 1.86. The Morgan fingerprint density at radius 2 is 2.20 bits per heavy atom. The molecule has 7 heteroatoms. The van der Waals surface area contributed by atoms with E-state index >= 15 is 0 Å². The second-order valence-electron chi connectivity index (χ2n) is 6.61. The normalized spacial score (nSPS) is 17.0. The summed E-state index contributed by atoms with van der Waals surface area (Å²) >= 11 is 0. The monoisotopic (exact) mass is 343 g/mol. The van der Waals surface area contributed by atoms with Gasteiger partial charge in [-0.3, -0.25) is 10.00 Å². The molecule has 0 spiro atoms. The second-order valence-corrected chi connectivity index (χ2v) is 6.61. The van der Waals surface area contributed by atoms with Crippen LogP contribution in [0.2, 0.25) is 0 Å². The summed E-state index contributed by atoms with van der Waals surface area (Å²) in [5, 5.41) is 10.1. The van der Waals surface area contributed by atoms with Gasteiger partial charge < -0.3 is 15.0 Å². The predicted octanol–water partition coefficient (Wildman–Crippen LogP) is 2.13. The third-order valence-electron chi connectivity index (χ3n) is 4.36. The van der Waals surface area contributed by atoms with Crippen LogP contribution in [-0.2, 0) is 6.54 Å². The average molecular weight is 343 g/mol. The zero-order chi connectivity index (χ0) is 17.8. The molecule has 1 aliphatic rings. The Morgan fingerprint density at radius 3 is 3.00 bits per heavy atom. The van der Waals surface area contributed by atoms with Gasteiger partial charge in [-0.25, -0.2) is 4.79 Å². The molecule has 0 saturated heterocycles. The minimum atomic E-state index is -0.255. The highest BCUT2D eigenvalue weighted by molar-refractivity contribution is 5.88. The third kappa shape index (κ3) is 4.30. The molecule has 2 N–H and O–H groups in total. The van der Waals surface area contributed by atoms with Crippen molar-refractivity contribution >= 4 is 11.8 Å². The molecule has 2 heterocycles. The van der Waals surface area contributed by atoms with Gasteiger partial charge >= 0.3 is 6.03 Å². The summed E-state index contributed by atoms with van der Waals surface area (Å²) < 4.78 is 7.51. The van der Waals surface area contributed by atoms with E-state index in [4.69, 9.17) is 4.74 Å². The lowest BCUT2D eigenvalue weighted by Gasteiger charge is -2.19. The van der Waals surface area contributed by atoms with Gasteiger partial charge in [-0.1, -0.05) is 18.2 Å². The fourth-order valence-electron chi connectivity index (χ4n) is 2.92. The number of urea groups is 1. The summed E-state index contributed by atoms with van der Waals surface area (Å²) in [6.45, 7) is 4.25. The summed E-state index contributed by atoms with van der Waals surface area (Å²) in [6, 6.07) is 9.47. The van der Waals surface area contributed by atoms with Crippen molar-refractivity contribution in [3.63, 3.8) is 0 Å². The number of nitrogens with zero attached hydrogens (tertiary/aromatic N) is 3. The molecular formula is C18H25N5O2. The second kappa shape index (κ2) is 7.57. The van der Waals surface area contributed by atoms with Gasteiger partial charge in [0.15, 0.2) is 5.82 Å². The average Bonchev–Trinajstić information content (AvgIpc) is 3.19. The van der Waals surface area contributed by atoms with E-state index in [1.807, 2.05) is 50.1 Å². The van der Waals surface area contributed by atoms with Crippen molar-refractivity contribution in [3.8, 4) is 5.75 Å². The first-order chi connectivity index (χ1) is 12.0. The van der Waals surface area contributed by atoms with Gasteiger partial charge in [-0.05, 0) is 27.1 Å². The van der Waals surface area contributed by atoms with E-state index in [0.29, 0.717) is 12.4 Å². The van der Waals surface area contributed by atoms with Crippen LogP contribution in [0.5, 0.6) is 5.75 Å². The van der Waals surface area contributed by atoms with Gasteiger partial charge in [-0.2, -0.15) is 5.10 Å². The maximum Gasteiger partial charge on any atom is 0.320 e. The molecule has 25 heavy (non-hydrogen) atoms. The molecule has 1 aromatic heterocycles. The lowest BCUT2D eigenvalue weighted by molar-refractivity contribution is 0.244. The van der Waals surface area contributed by atoms with Crippen molar-refractivity contribution in [2.24, 2.45) is 0 Å². The molecule has 0 radical (unpaired) electrons. The molecule has 2 amide bonds. The van der Waals surface area contributed by atoms with Crippen molar-refractivity contribution < 1.29 is 9.53 Å². The Hall–Kier alpha value is -2.54. The van der Waals surface area contributed by atoms with Crippen LogP contribution >= 0.6 is 0 Å². The Bertz CT molecular complexity index is 728. The van der Waals surface area contributed by atoms with Crippen molar-refractivity contribution in [2.75, 3.05) is 32.6 Å². The molecule has 134 valence electrons. The minimum absolute atomic E-state index is 0.0422. The largest absolute Gasteiger partial charge is 0.493 e. The van der Waals surface area contributed by atoms with E-state index < -0.39 is 0 Å². The quantitative estimate of drug-likeness (QED) is 0.843. The number of hydrogen-bond acceptors (Lipinski definition) is 4. The van der Waals surface area contributed by atoms with E-state index in [1.165, 1.54) is 0 Å². The highest BCUT2D eigenvalue weighted by atomic mass is 16.5. The van der Waals surface area contributed by atoms with Crippen molar-refractivity contribution in [3.05, 3.63) is 42.1 Å². The van der Waals surface area contributed by atoms with Crippen LogP contribution < -0.4 is 15.4 Å². The number of para-hydroxylation sites is 1. The van der Waals surface area contributed by atoms with Crippen LogP contribution in [0.15, 0.2) is 36.5 Å². The van der Waals surface area contributed by atoms with Crippen molar-refractivity contribution in [2.45, 2.75) is 25.4 Å². The maximum absolute atomic E-state index is 12.2. The number of ether oxygens (including phenoxy) is 1. The molecule has 0 fully saturated rings. The number of amides is 2. The van der Waals surface area contributed by atoms with Crippen LogP contribution in [0.25, 0.3) is 0 Å². The molecule has 0 saturated carbocycles. The molecule has 0 bridgehead atoms. The fraction of sp³-hybridized carbons (Fsp3) is 0.444. The number of likely N-dealkylation sites (N-methyl/N-ethyl adjacent to an activating group) is 1. The molecular weight excluding hydrogens is 318 g/mol. The molecule has 3 rings (SSSR count). The van der Waals surface area contributed by atoms with Gasteiger partial charge in [0.1, 0.15) is 5.75 Å². The Balaban J connectivity index is 1.53. The van der Waals surface area contributed by atoms with Crippen LogP contribution in [0.1, 0.15) is 18.4 Å². The van der Waals surface area contributed by atoms with E-state index in [0.717, 1.165) is 24.4 Å². The number of anilines is 1. The Morgan fingerprint density at radius 1 is 1.40 bits per heavy atom. The van der Waals surface area contributed by atoms with E-state index in [-0.39, 0.29) is 18.0 Å². The van der Waals surface area contributed by atoms with E-state index in [1.54, 1.807) is 6.07 Å². The van der Waals surface area contributed by atoms with Gasteiger partial charge in [0.05, 0.1) is 13.2 Å². The van der Waals surface area contributed by atoms with Crippen LogP contribution in [0.4, 0.5) is 10.6 Å². The predicted molar refractivity (Wildman–Crippen MR) is 97.1 cm³/mol. The van der Waals surface area contributed by atoms with Gasteiger partial charge in [0, 0.05) is 36.3 Å². The standard InChI is InChI=1S/C18H25N5O2/c1-13(15-12-25-16-7-5-4-6-14(15)16)19-18(24)20-17-8-9-23(21-17)11-10-22(2)3/h4-9,13,15H,10-12H2,1-3H3,(H2,19,20,21,24)/t13-,15-/m1/s1. The van der Waals surface area contributed by atoms with E-state index in [9.17, 15) is 4.79 Å². The smallest absolute Gasteiger partial charge is 0.320 e. The number of fused-ring (bicyclic) bond motifs is 1. The van der Waals surface area contributed by atoms with Gasteiger partial charge in [-0.15, -0.1) is 0 Å². The topological polar surface area (TPSA) is 71.4 Å². The highest BCUT2D eigenvalue weighted by Crippen LogP contribution is 2.35. The number of aromatic nitrogens is 2. The fourth-order valence-corrected chi connectivity index (χ4v) is 2.92. The number of nitrogens with one attached hydrogen (secondary N) is 2.